The molecule has 0 aromatic heterocycles. The van der Waals surface area contributed by atoms with Crippen LogP contribution < -0.4 is 5.14 Å². The van der Waals surface area contributed by atoms with Crippen molar-refractivity contribution in [1.82, 2.24) is 4.31 Å². The lowest BCUT2D eigenvalue weighted by atomic mass is 10.2. The summed E-state index contributed by atoms with van der Waals surface area (Å²) < 4.78 is 22.8. The smallest absolute Gasteiger partial charge is 0.216 e. The maximum absolute atomic E-state index is 10.8. The van der Waals surface area contributed by atoms with Gasteiger partial charge in [-0.05, 0) is 12.8 Å². The topological polar surface area (TPSA) is 63.4 Å². The second-order valence-corrected chi connectivity index (χ2v) is 3.98. The Hall–Kier alpha value is -0.570. The summed E-state index contributed by atoms with van der Waals surface area (Å²) in [7, 11) is -3.57. The van der Waals surface area contributed by atoms with Gasteiger partial charge in [0.2, 0.25) is 0 Å². The molecular weight excluding hydrogens is 164 g/mol. The highest BCUT2D eigenvalue weighted by Crippen LogP contribution is 2.17. The zero-order valence-corrected chi connectivity index (χ0v) is 6.84. The predicted molar refractivity (Wildman–Crippen MR) is 41.7 cm³/mol. The Bertz CT molecular complexity index is 277. The zero-order valence-electron chi connectivity index (χ0n) is 6.03. The summed E-state index contributed by atoms with van der Waals surface area (Å²) >= 11 is 0. The molecule has 1 aliphatic heterocycles. The Morgan fingerprint density at radius 1 is 1.64 bits per heavy atom. The molecule has 0 radical (unpaired) electrons. The van der Waals surface area contributed by atoms with Gasteiger partial charge in [0.1, 0.15) is 0 Å². The van der Waals surface area contributed by atoms with Crippen LogP contribution >= 0.6 is 0 Å². The van der Waals surface area contributed by atoms with Crippen LogP contribution in [0.5, 0.6) is 0 Å². The first-order chi connectivity index (χ1) is 5.05. The van der Waals surface area contributed by atoms with E-state index >= 15 is 0 Å². The minimum atomic E-state index is -3.57. The molecule has 0 spiro atoms. The maximum Gasteiger partial charge on any atom is 0.278 e. The van der Waals surface area contributed by atoms with E-state index in [1.165, 1.54) is 0 Å². The molecule has 11 heavy (non-hydrogen) atoms. The highest BCUT2D eigenvalue weighted by Gasteiger charge is 2.30. The first-order valence-electron chi connectivity index (χ1n) is 3.31. The molecule has 4 nitrogen and oxygen atoms in total. The molecule has 0 amide bonds. The van der Waals surface area contributed by atoms with Crippen LogP contribution in [-0.4, -0.2) is 25.3 Å². The van der Waals surface area contributed by atoms with Crippen LogP contribution in [0.25, 0.3) is 0 Å². The van der Waals surface area contributed by atoms with Crippen LogP contribution in [0.3, 0.4) is 0 Å². The Labute approximate surface area is 66.6 Å². The molecule has 1 aliphatic rings. The second kappa shape index (κ2) is 2.81. The summed E-state index contributed by atoms with van der Waals surface area (Å²) in [4.78, 5) is 0. The van der Waals surface area contributed by atoms with Gasteiger partial charge in [0.25, 0.3) is 10.2 Å². The standard InChI is InChI=1S/C6H10N2O2S/c1-2-6-4-3-5-8(6)11(7,9)10/h1,6H,3-5H2,(H2,7,9,10). The van der Waals surface area contributed by atoms with Crippen LogP contribution in [0, 0.1) is 12.3 Å². The van der Waals surface area contributed by atoms with Crippen molar-refractivity contribution in [2.24, 2.45) is 5.14 Å². The van der Waals surface area contributed by atoms with E-state index in [4.69, 9.17) is 11.6 Å². The van der Waals surface area contributed by atoms with Gasteiger partial charge < -0.3 is 0 Å². The van der Waals surface area contributed by atoms with Crippen LogP contribution in [0.15, 0.2) is 0 Å². The van der Waals surface area contributed by atoms with Gasteiger partial charge in [0.05, 0.1) is 6.04 Å². The molecule has 1 fully saturated rings. The van der Waals surface area contributed by atoms with Crippen molar-refractivity contribution in [1.29, 1.82) is 0 Å². The molecule has 62 valence electrons. The van der Waals surface area contributed by atoms with Crippen molar-refractivity contribution >= 4 is 10.2 Å². The van der Waals surface area contributed by atoms with E-state index in [0.717, 1.165) is 10.7 Å². The third kappa shape index (κ3) is 1.71. The van der Waals surface area contributed by atoms with E-state index in [1.807, 2.05) is 0 Å². The maximum atomic E-state index is 10.8. The summed E-state index contributed by atoms with van der Waals surface area (Å²) in [5.41, 5.74) is 0. The predicted octanol–water partition coefficient (Wildman–Crippen LogP) is -0.713. The van der Waals surface area contributed by atoms with Crippen molar-refractivity contribution in [3.8, 4) is 12.3 Å². The first kappa shape index (κ1) is 8.53. The second-order valence-electron chi connectivity index (χ2n) is 2.48. The molecule has 1 heterocycles. The average Bonchev–Trinajstić information content (AvgIpc) is 2.31. The monoisotopic (exact) mass is 174 g/mol. The molecule has 0 saturated carbocycles. The Morgan fingerprint density at radius 3 is 2.64 bits per heavy atom. The van der Waals surface area contributed by atoms with E-state index in [2.05, 4.69) is 5.92 Å². The number of nitrogens with two attached hydrogens (primary N) is 1. The van der Waals surface area contributed by atoms with Gasteiger partial charge in [-0.3, -0.25) is 0 Å². The summed E-state index contributed by atoms with van der Waals surface area (Å²) in [6, 6.07) is -0.329. The molecule has 5 heteroatoms. The lowest BCUT2D eigenvalue weighted by molar-refractivity contribution is 0.441. The number of hydrogen-bond acceptors (Lipinski definition) is 2. The highest BCUT2D eigenvalue weighted by atomic mass is 32.2. The molecular formula is C6H10N2O2S. The largest absolute Gasteiger partial charge is 0.278 e. The van der Waals surface area contributed by atoms with Gasteiger partial charge in [0, 0.05) is 6.54 Å². The molecule has 1 rings (SSSR count). The van der Waals surface area contributed by atoms with E-state index in [1.54, 1.807) is 0 Å². The summed E-state index contributed by atoms with van der Waals surface area (Å²) in [5.74, 6) is 2.39. The Morgan fingerprint density at radius 2 is 2.27 bits per heavy atom. The highest BCUT2D eigenvalue weighted by molar-refractivity contribution is 7.86. The summed E-state index contributed by atoms with van der Waals surface area (Å²) in [5, 5.41) is 4.91. The minimum Gasteiger partial charge on any atom is -0.216 e. The number of rotatable bonds is 1. The van der Waals surface area contributed by atoms with Gasteiger partial charge in [-0.2, -0.15) is 12.7 Å². The van der Waals surface area contributed by atoms with Crippen molar-refractivity contribution in [3.63, 3.8) is 0 Å². The van der Waals surface area contributed by atoms with Crippen molar-refractivity contribution < 1.29 is 8.42 Å². The fraction of sp³-hybridized carbons (Fsp3) is 0.667. The third-order valence-electron chi connectivity index (χ3n) is 1.72. The average molecular weight is 174 g/mol. The van der Waals surface area contributed by atoms with Crippen molar-refractivity contribution in [3.05, 3.63) is 0 Å². The van der Waals surface area contributed by atoms with E-state index in [0.29, 0.717) is 13.0 Å². The molecule has 1 unspecified atom stereocenters. The lowest BCUT2D eigenvalue weighted by Crippen LogP contribution is -2.39. The molecule has 1 saturated heterocycles. The quantitative estimate of drug-likeness (QED) is 0.534. The van der Waals surface area contributed by atoms with Crippen molar-refractivity contribution in [2.75, 3.05) is 6.54 Å². The van der Waals surface area contributed by atoms with Crippen LogP contribution in [0.2, 0.25) is 0 Å². The third-order valence-corrected chi connectivity index (χ3v) is 2.81. The minimum absolute atomic E-state index is 0.329. The fourth-order valence-electron chi connectivity index (χ4n) is 1.21. The number of nitrogens with zero attached hydrogens (tertiary/aromatic N) is 1. The normalized spacial score (nSPS) is 26.7. The van der Waals surface area contributed by atoms with Gasteiger partial charge >= 0.3 is 0 Å². The molecule has 0 aliphatic carbocycles. The van der Waals surface area contributed by atoms with Gasteiger partial charge in [-0.25, -0.2) is 5.14 Å². The van der Waals surface area contributed by atoms with E-state index in [9.17, 15) is 8.42 Å². The Kier molecular flexibility index (Phi) is 2.18. The van der Waals surface area contributed by atoms with E-state index in [-0.39, 0.29) is 6.04 Å². The fourth-order valence-corrected chi connectivity index (χ4v) is 2.12. The summed E-state index contributed by atoms with van der Waals surface area (Å²) in [6.45, 7) is 0.452. The lowest BCUT2D eigenvalue weighted by Gasteiger charge is -2.15. The summed E-state index contributed by atoms with van der Waals surface area (Å²) in [6.07, 6.45) is 6.62. The van der Waals surface area contributed by atoms with Crippen LogP contribution in [0.4, 0.5) is 0 Å². The van der Waals surface area contributed by atoms with Gasteiger partial charge in [-0.1, -0.05) is 5.92 Å². The Balaban J connectivity index is 2.83. The number of hydrogen-bond donors (Lipinski definition) is 1. The van der Waals surface area contributed by atoms with Crippen LogP contribution in [-0.2, 0) is 10.2 Å². The first-order valence-corrected chi connectivity index (χ1v) is 4.81. The zero-order chi connectivity index (χ0) is 8.48. The molecule has 0 aromatic carbocycles. The number of terminal acetylenes is 1. The van der Waals surface area contributed by atoms with Gasteiger partial charge in [-0.15, -0.1) is 6.42 Å². The van der Waals surface area contributed by atoms with Gasteiger partial charge in [0.15, 0.2) is 0 Å². The van der Waals surface area contributed by atoms with Crippen molar-refractivity contribution in [2.45, 2.75) is 18.9 Å². The molecule has 2 N–H and O–H groups in total. The molecule has 0 bridgehead atoms. The SMILES string of the molecule is C#CC1CCCN1S(N)(=O)=O. The van der Waals surface area contributed by atoms with Crippen LogP contribution in [0.1, 0.15) is 12.8 Å². The molecule has 1 atom stereocenters. The molecule has 0 aromatic rings. The van der Waals surface area contributed by atoms with E-state index < -0.39 is 10.2 Å².